The minimum absolute atomic E-state index is 0.191. The summed E-state index contributed by atoms with van der Waals surface area (Å²) in [6.07, 6.45) is 2.65. The van der Waals surface area contributed by atoms with E-state index in [1.165, 1.54) is 6.42 Å². The Labute approximate surface area is 192 Å². The van der Waals surface area contributed by atoms with Crippen LogP contribution in [-0.4, -0.2) is 29.3 Å². The molecule has 1 N–H and O–H groups in total. The quantitative estimate of drug-likeness (QED) is 0.417. The van der Waals surface area contributed by atoms with Crippen LogP contribution in [0.1, 0.15) is 44.7 Å². The number of carbonyl (C=O) groups excluding carboxylic acids is 1. The average molecular weight is 452 g/mol. The van der Waals surface area contributed by atoms with Crippen LogP contribution < -0.4 is 10.1 Å². The molecule has 1 fully saturated rings. The van der Waals surface area contributed by atoms with Gasteiger partial charge in [-0.05, 0) is 62.9 Å². The van der Waals surface area contributed by atoms with Gasteiger partial charge >= 0.3 is 6.09 Å². The Morgan fingerprint density at radius 3 is 2.59 bits per heavy atom. The second-order valence-corrected chi connectivity index (χ2v) is 8.54. The Hall–Kier alpha value is -3.17. The van der Waals surface area contributed by atoms with Crippen molar-refractivity contribution in [3.05, 3.63) is 48.0 Å². The summed E-state index contributed by atoms with van der Waals surface area (Å²) in [5.41, 5.74) is 4.11. The Morgan fingerprint density at radius 1 is 1.25 bits per heavy atom. The lowest BCUT2D eigenvalue weighted by Crippen LogP contribution is -2.18. The molecule has 32 heavy (non-hydrogen) atoms. The highest BCUT2D eigenvalue weighted by molar-refractivity contribution is 6.18. The van der Waals surface area contributed by atoms with E-state index in [2.05, 4.69) is 16.0 Å². The van der Waals surface area contributed by atoms with Gasteiger partial charge in [-0.2, -0.15) is 5.26 Å². The fourth-order valence-corrected chi connectivity index (χ4v) is 4.11. The Balaban J connectivity index is 1.76. The molecule has 1 heterocycles. The van der Waals surface area contributed by atoms with Gasteiger partial charge < -0.3 is 14.0 Å². The molecule has 0 unspecified atom stereocenters. The molecule has 0 bridgehead atoms. The number of ether oxygens (including phenoxy) is 2. The number of carbonyl (C=O) groups is 1. The van der Waals surface area contributed by atoms with Crippen molar-refractivity contribution in [2.45, 2.75) is 45.3 Å². The number of nitrogens with zero attached hydrogens (tertiary/aromatic N) is 2. The van der Waals surface area contributed by atoms with Crippen LogP contribution in [0, 0.1) is 11.3 Å². The van der Waals surface area contributed by atoms with E-state index in [0.717, 1.165) is 40.8 Å². The summed E-state index contributed by atoms with van der Waals surface area (Å²) in [5, 5.41) is 13.7. The molecule has 7 heteroatoms. The van der Waals surface area contributed by atoms with Crippen LogP contribution >= 0.6 is 11.6 Å². The van der Waals surface area contributed by atoms with Gasteiger partial charge in [0.25, 0.3) is 0 Å². The predicted molar refractivity (Wildman–Crippen MR) is 126 cm³/mol. The Bertz CT molecular complexity index is 1160. The maximum absolute atomic E-state index is 11.9. The molecule has 1 aliphatic carbocycles. The molecule has 3 aromatic rings. The third-order valence-corrected chi connectivity index (χ3v) is 5.78. The van der Waals surface area contributed by atoms with Gasteiger partial charge in [0.2, 0.25) is 0 Å². The first-order valence-corrected chi connectivity index (χ1v) is 11.4. The van der Waals surface area contributed by atoms with Crippen molar-refractivity contribution in [2.24, 2.45) is 0 Å². The molecule has 1 aromatic heterocycles. The lowest BCUT2D eigenvalue weighted by molar-refractivity contribution is 0.130. The average Bonchev–Trinajstić information content (AvgIpc) is 3.04. The first-order chi connectivity index (χ1) is 15.5. The van der Waals surface area contributed by atoms with Crippen LogP contribution in [-0.2, 0) is 4.74 Å². The van der Waals surface area contributed by atoms with Crippen LogP contribution in [0.4, 0.5) is 10.5 Å². The van der Waals surface area contributed by atoms with Crippen molar-refractivity contribution in [3.63, 3.8) is 0 Å². The van der Waals surface area contributed by atoms with Gasteiger partial charge in [0.15, 0.2) is 0 Å². The largest absolute Gasteiger partial charge is 0.492 e. The molecule has 1 amide bonds. The van der Waals surface area contributed by atoms with Crippen molar-refractivity contribution in [1.29, 1.82) is 5.26 Å². The van der Waals surface area contributed by atoms with Gasteiger partial charge in [0.1, 0.15) is 18.4 Å². The number of alkyl halides is 1. The molecule has 1 aliphatic rings. The molecule has 166 valence electrons. The third-order valence-electron chi connectivity index (χ3n) is 5.62. The minimum Gasteiger partial charge on any atom is -0.492 e. The molecule has 0 spiro atoms. The molecule has 0 atom stereocenters. The van der Waals surface area contributed by atoms with E-state index < -0.39 is 6.09 Å². The first kappa shape index (κ1) is 22.0. The normalized spacial score (nSPS) is 13.6. The van der Waals surface area contributed by atoms with Crippen LogP contribution in [0.15, 0.2) is 42.5 Å². The number of benzene rings is 2. The van der Waals surface area contributed by atoms with Crippen LogP contribution in [0.3, 0.4) is 0 Å². The Morgan fingerprint density at radius 2 is 2.00 bits per heavy atom. The van der Waals surface area contributed by atoms with E-state index in [-0.39, 0.29) is 6.10 Å². The first-order valence-electron chi connectivity index (χ1n) is 10.9. The number of rotatable bonds is 7. The summed E-state index contributed by atoms with van der Waals surface area (Å²) in [4.78, 5) is 11.9. The van der Waals surface area contributed by atoms with Gasteiger partial charge in [0, 0.05) is 23.2 Å². The van der Waals surface area contributed by atoms with Crippen molar-refractivity contribution >= 4 is 34.3 Å². The highest BCUT2D eigenvalue weighted by atomic mass is 35.5. The monoisotopic (exact) mass is 451 g/mol. The number of aromatic nitrogens is 1. The van der Waals surface area contributed by atoms with Gasteiger partial charge in [-0.3, -0.25) is 5.32 Å². The number of hydrogen-bond donors (Lipinski definition) is 1. The second-order valence-electron chi connectivity index (χ2n) is 8.16. The van der Waals surface area contributed by atoms with E-state index in [1.807, 2.05) is 42.5 Å². The second kappa shape index (κ2) is 9.54. The standard InChI is InChI=1S/C25H26ClN3O3/c1-16(2)32-25(30)28-18-8-6-17(7-9-18)24-22(15-27)21-11-10-20(31-13-12-26)14-23(21)29(24)19-4-3-5-19/h6-11,14,16,19H,3-5,12-13H2,1-2H3,(H,28,30). The molecular formula is C25H26ClN3O3. The molecular weight excluding hydrogens is 426 g/mol. The van der Waals surface area contributed by atoms with Gasteiger partial charge in [0.05, 0.1) is 28.8 Å². The van der Waals surface area contributed by atoms with Crippen molar-refractivity contribution in [2.75, 3.05) is 17.8 Å². The summed E-state index contributed by atoms with van der Waals surface area (Å²) in [6, 6.07) is 16.1. The maximum Gasteiger partial charge on any atom is 0.411 e. The number of amides is 1. The number of halogens is 1. The summed E-state index contributed by atoms with van der Waals surface area (Å²) in [6.45, 7) is 4.04. The molecule has 1 saturated carbocycles. The van der Waals surface area contributed by atoms with Crippen molar-refractivity contribution < 1.29 is 14.3 Å². The van der Waals surface area contributed by atoms with Crippen molar-refractivity contribution in [3.8, 4) is 23.1 Å². The maximum atomic E-state index is 11.9. The van der Waals surface area contributed by atoms with Crippen LogP contribution in [0.5, 0.6) is 5.75 Å². The fourth-order valence-electron chi connectivity index (χ4n) is 4.03. The number of nitrogens with one attached hydrogen (secondary N) is 1. The third kappa shape index (κ3) is 4.39. The SMILES string of the molecule is CC(C)OC(=O)Nc1ccc(-c2c(C#N)c3ccc(OCCCl)cc3n2C2CCC2)cc1. The van der Waals surface area contributed by atoms with Gasteiger partial charge in [-0.15, -0.1) is 11.6 Å². The van der Waals surface area contributed by atoms with Gasteiger partial charge in [-0.25, -0.2) is 4.79 Å². The lowest BCUT2D eigenvalue weighted by atomic mass is 9.92. The Kier molecular flexibility index (Phi) is 6.57. The fraction of sp³-hybridized carbons (Fsp3) is 0.360. The highest BCUT2D eigenvalue weighted by Gasteiger charge is 2.28. The summed E-state index contributed by atoms with van der Waals surface area (Å²) < 4.78 is 13.2. The molecule has 0 saturated heterocycles. The van der Waals surface area contributed by atoms with E-state index in [0.29, 0.717) is 29.8 Å². The summed E-state index contributed by atoms with van der Waals surface area (Å²) >= 11 is 5.78. The topological polar surface area (TPSA) is 76.3 Å². The van der Waals surface area contributed by atoms with E-state index in [4.69, 9.17) is 21.1 Å². The highest BCUT2D eigenvalue weighted by Crippen LogP contribution is 2.43. The number of nitriles is 1. The van der Waals surface area contributed by atoms with E-state index in [9.17, 15) is 10.1 Å². The number of anilines is 1. The van der Waals surface area contributed by atoms with Crippen LogP contribution in [0.25, 0.3) is 22.2 Å². The predicted octanol–water partition coefficient (Wildman–Crippen LogP) is 6.48. The smallest absolute Gasteiger partial charge is 0.411 e. The van der Waals surface area contributed by atoms with Gasteiger partial charge in [-0.1, -0.05) is 12.1 Å². The molecule has 0 radical (unpaired) electrons. The molecule has 0 aliphatic heterocycles. The van der Waals surface area contributed by atoms with Crippen molar-refractivity contribution in [1.82, 2.24) is 4.57 Å². The zero-order valence-electron chi connectivity index (χ0n) is 18.2. The van der Waals surface area contributed by atoms with E-state index in [1.54, 1.807) is 13.8 Å². The number of fused-ring (bicyclic) bond motifs is 1. The lowest BCUT2D eigenvalue weighted by Gasteiger charge is -2.30. The summed E-state index contributed by atoms with van der Waals surface area (Å²) in [5.74, 6) is 1.16. The van der Waals surface area contributed by atoms with E-state index >= 15 is 0 Å². The minimum atomic E-state index is -0.487. The summed E-state index contributed by atoms with van der Waals surface area (Å²) in [7, 11) is 0. The number of hydrogen-bond acceptors (Lipinski definition) is 4. The van der Waals surface area contributed by atoms with Crippen LogP contribution in [0.2, 0.25) is 0 Å². The molecule has 4 rings (SSSR count). The molecule has 6 nitrogen and oxygen atoms in total. The zero-order chi connectivity index (χ0) is 22.7. The molecule has 2 aromatic carbocycles. The zero-order valence-corrected chi connectivity index (χ0v) is 19.0.